The molecule has 146 valence electrons. The first kappa shape index (κ1) is 20.4. The third kappa shape index (κ3) is 7.08. The van der Waals surface area contributed by atoms with Crippen LogP contribution in [0.1, 0.15) is 37.1 Å². The molecule has 0 bridgehead atoms. The van der Waals surface area contributed by atoms with Gasteiger partial charge in [0.25, 0.3) is 0 Å². The lowest BCUT2D eigenvalue weighted by molar-refractivity contribution is -0.143. The molecular weight excluding hydrogens is 350 g/mol. The molecule has 2 aromatic rings. The highest BCUT2D eigenvalue weighted by Gasteiger charge is 2.11. The lowest BCUT2D eigenvalue weighted by Gasteiger charge is -2.06. The summed E-state index contributed by atoms with van der Waals surface area (Å²) >= 11 is 0. The molecule has 0 radical (unpaired) electrons. The van der Waals surface area contributed by atoms with Crippen LogP contribution in [0.4, 0.5) is 0 Å². The van der Waals surface area contributed by atoms with Crippen molar-refractivity contribution in [2.45, 2.75) is 39.0 Å². The van der Waals surface area contributed by atoms with E-state index in [1.54, 1.807) is 14.0 Å². The van der Waals surface area contributed by atoms with Gasteiger partial charge < -0.3 is 19.2 Å². The second kappa shape index (κ2) is 10.9. The quantitative estimate of drug-likeness (QED) is 0.598. The highest BCUT2D eigenvalue weighted by molar-refractivity contribution is 5.77. The van der Waals surface area contributed by atoms with E-state index in [1.165, 1.54) is 0 Å². The summed E-state index contributed by atoms with van der Waals surface area (Å²) in [5.41, 5.74) is 1.07. The standard InChI is InChI=1S/C19H25N3O5/c1-3-26-19(24)12-13-20-16(23)9-11-18-22-21-17(27-18)10-8-14-6-4-5-7-15(14)25-2/h4-7H,3,8-13H2,1-2H3,(H,20,23). The lowest BCUT2D eigenvalue weighted by Crippen LogP contribution is -2.26. The number of carbonyl (C=O) groups is 2. The molecule has 1 heterocycles. The number of ether oxygens (including phenoxy) is 2. The van der Waals surface area contributed by atoms with Crippen molar-refractivity contribution in [3.63, 3.8) is 0 Å². The van der Waals surface area contributed by atoms with Crippen molar-refractivity contribution in [2.24, 2.45) is 0 Å². The summed E-state index contributed by atoms with van der Waals surface area (Å²) < 4.78 is 15.7. The van der Waals surface area contributed by atoms with E-state index in [9.17, 15) is 9.59 Å². The molecule has 1 N–H and O–H groups in total. The summed E-state index contributed by atoms with van der Waals surface area (Å²) in [5.74, 6) is 1.28. The summed E-state index contributed by atoms with van der Waals surface area (Å²) in [6.45, 7) is 2.33. The summed E-state index contributed by atoms with van der Waals surface area (Å²) in [6.07, 6.45) is 2.05. The number of benzene rings is 1. The molecule has 2 rings (SSSR count). The molecule has 0 atom stereocenters. The average Bonchev–Trinajstić information content (AvgIpc) is 3.13. The molecule has 0 saturated carbocycles. The maximum atomic E-state index is 11.8. The van der Waals surface area contributed by atoms with Crippen molar-refractivity contribution in [1.29, 1.82) is 0 Å². The molecule has 0 aliphatic rings. The summed E-state index contributed by atoms with van der Waals surface area (Å²) in [6, 6.07) is 7.79. The summed E-state index contributed by atoms with van der Waals surface area (Å²) in [4.78, 5) is 23.0. The number of carbonyl (C=O) groups excluding carboxylic acids is 2. The Balaban J connectivity index is 1.71. The van der Waals surface area contributed by atoms with Crippen molar-refractivity contribution < 1.29 is 23.5 Å². The summed E-state index contributed by atoms with van der Waals surface area (Å²) in [7, 11) is 1.64. The molecule has 8 nitrogen and oxygen atoms in total. The minimum atomic E-state index is -0.325. The Bertz CT molecular complexity index is 744. The zero-order chi connectivity index (χ0) is 19.5. The number of aromatic nitrogens is 2. The van der Waals surface area contributed by atoms with Crippen LogP contribution < -0.4 is 10.1 Å². The largest absolute Gasteiger partial charge is 0.496 e. The van der Waals surface area contributed by atoms with Crippen LogP contribution in [-0.2, 0) is 33.6 Å². The van der Waals surface area contributed by atoms with E-state index < -0.39 is 0 Å². The smallest absolute Gasteiger partial charge is 0.307 e. The second-order valence-corrected chi connectivity index (χ2v) is 5.81. The first-order chi connectivity index (χ1) is 13.1. The van der Waals surface area contributed by atoms with E-state index >= 15 is 0 Å². The second-order valence-electron chi connectivity index (χ2n) is 5.81. The number of amides is 1. The van der Waals surface area contributed by atoms with Gasteiger partial charge in [-0.25, -0.2) is 0 Å². The van der Waals surface area contributed by atoms with Crippen LogP contribution in [0.15, 0.2) is 28.7 Å². The first-order valence-corrected chi connectivity index (χ1v) is 8.97. The van der Waals surface area contributed by atoms with Gasteiger partial charge in [-0.2, -0.15) is 0 Å². The van der Waals surface area contributed by atoms with E-state index in [4.69, 9.17) is 13.9 Å². The van der Waals surface area contributed by atoms with Gasteiger partial charge in [-0.05, 0) is 25.0 Å². The Kier molecular flexibility index (Phi) is 8.28. The molecule has 0 fully saturated rings. The Labute approximate surface area is 158 Å². The van der Waals surface area contributed by atoms with Gasteiger partial charge in [-0.3, -0.25) is 9.59 Å². The Morgan fingerprint density at radius 3 is 2.56 bits per heavy atom. The number of rotatable bonds is 11. The van der Waals surface area contributed by atoms with E-state index in [0.29, 0.717) is 31.2 Å². The van der Waals surface area contributed by atoms with Crippen LogP contribution >= 0.6 is 0 Å². The van der Waals surface area contributed by atoms with Gasteiger partial charge in [0.15, 0.2) is 0 Å². The van der Waals surface area contributed by atoms with Crippen molar-refractivity contribution in [1.82, 2.24) is 15.5 Å². The number of nitrogens with one attached hydrogen (secondary N) is 1. The molecule has 0 saturated heterocycles. The Morgan fingerprint density at radius 1 is 1.07 bits per heavy atom. The van der Waals surface area contributed by atoms with Gasteiger partial charge in [-0.1, -0.05) is 18.2 Å². The molecule has 1 aromatic heterocycles. The third-order valence-electron chi connectivity index (χ3n) is 3.83. The highest BCUT2D eigenvalue weighted by Crippen LogP contribution is 2.19. The summed E-state index contributed by atoms with van der Waals surface area (Å²) in [5, 5.41) is 10.7. The molecule has 8 heteroatoms. The average molecular weight is 375 g/mol. The molecule has 27 heavy (non-hydrogen) atoms. The van der Waals surface area contributed by atoms with Crippen LogP contribution in [0.2, 0.25) is 0 Å². The number of esters is 1. The Hall–Kier alpha value is -2.90. The normalized spacial score (nSPS) is 10.4. The van der Waals surface area contributed by atoms with Crippen LogP contribution in [0, 0.1) is 0 Å². The van der Waals surface area contributed by atoms with E-state index in [-0.39, 0.29) is 31.3 Å². The molecular formula is C19H25N3O5. The molecule has 1 amide bonds. The number of methoxy groups -OCH3 is 1. The van der Waals surface area contributed by atoms with Gasteiger partial charge in [0, 0.05) is 25.8 Å². The van der Waals surface area contributed by atoms with Gasteiger partial charge in [-0.15, -0.1) is 10.2 Å². The van der Waals surface area contributed by atoms with Gasteiger partial charge in [0.1, 0.15) is 5.75 Å². The zero-order valence-corrected chi connectivity index (χ0v) is 15.7. The van der Waals surface area contributed by atoms with Crippen molar-refractivity contribution >= 4 is 11.9 Å². The molecule has 0 aliphatic carbocycles. The molecule has 0 aliphatic heterocycles. The first-order valence-electron chi connectivity index (χ1n) is 8.97. The van der Waals surface area contributed by atoms with Crippen molar-refractivity contribution in [3.05, 3.63) is 41.6 Å². The number of nitrogens with zero attached hydrogens (tertiary/aromatic N) is 2. The van der Waals surface area contributed by atoms with E-state index in [2.05, 4.69) is 15.5 Å². The fraction of sp³-hybridized carbons (Fsp3) is 0.474. The number of para-hydroxylation sites is 1. The van der Waals surface area contributed by atoms with Crippen LogP contribution in [-0.4, -0.2) is 42.3 Å². The van der Waals surface area contributed by atoms with Crippen molar-refractivity contribution in [3.8, 4) is 5.75 Å². The topological polar surface area (TPSA) is 104 Å². The van der Waals surface area contributed by atoms with Gasteiger partial charge >= 0.3 is 5.97 Å². The van der Waals surface area contributed by atoms with Crippen molar-refractivity contribution in [2.75, 3.05) is 20.3 Å². The third-order valence-corrected chi connectivity index (χ3v) is 3.83. The van der Waals surface area contributed by atoms with Crippen LogP contribution in [0.3, 0.4) is 0 Å². The Morgan fingerprint density at radius 2 is 1.81 bits per heavy atom. The highest BCUT2D eigenvalue weighted by atomic mass is 16.5. The predicted molar refractivity (Wildman–Crippen MR) is 97.3 cm³/mol. The maximum absolute atomic E-state index is 11.8. The van der Waals surface area contributed by atoms with Crippen LogP contribution in [0.5, 0.6) is 5.75 Å². The monoisotopic (exact) mass is 375 g/mol. The predicted octanol–water partition coefficient (Wildman–Crippen LogP) is 1.87. The maximum Gasteiger partial charge on any atom is 0.307 e. The lowest BCUT2D eigenvalue weighted by atomic mass is 10.1. The molecule has 0 spiro atoms. The molecule has 0 unspecified atom stereocenters. The number of hydrogen-bond acceptors (Lipinski definition) is 7. The van der Waals surface area contributed by atoms with Crippen LogP contribution in [0.25, 0.3) is 0 Å². The van der Waals surface area contributed by atoms with Gasteiger partial charge in [0.2, 0.25) is 17.7 Å². The fourth-order valence-corrected chi connectivity index (χ4v) is 2.49. The van der Waals surface area contributed by atoms with Gasteiger partial charge in [0.05, 0.1) is 20.1 Å². The zero-order valence-electron chi connectivity index (χ0n) is 15.7. The van der Waals surface area contributed by atoms with E-state index in [0.717, 1.165) is 17.7 Å². The fourth-order valence-electron chi connectivity index (χ4n) is 2.49. The SMILES string of the molecule is CCOC(=O)CCNC(=O)CCc1nnc(CCc2ccccc2OC)o1. The minimum Gasteiger partial charge on any atom is -0.496 e. The minimum absolute atomic E-state index is 0.160. The number of hydrogen-bond donors (Lipinski definition) is 1. The molecule has 1 aromatic carbocycles. The number of aryl methyl sites for hydroxylation is 3. The van der Waals surface area contributed by atoms with E-state index in [1.807, 2.05) is 24.3 Å².